The fourth-order valence-electron chi connectivity index (χ4n) is 5.93. The van der Waals surface area contributed by atoms with Crippen LogP contribution in [0.5, 0.6) is 0 Å². The van der Waals surface area contributed by atoms with Crippen LogP contribution in [0.25, 0.3) is 0 Å². The van der Waals surface area contributed by atoms with E-state index in [-0.39, 0.29) is 5.41 Å². The van der Waals surface area contributed by atoms with Crippen molar-refractivity contribution in [2.75, 3.05) is 0 Å². The van der Waals surface area contributed by atoms with E-state index in [0.717, 1.165) is 0 Å². The van der Waals surface area contributed by atoms with Gasteiger partial charge in [0.05, 0.1) is 0 Å². The van der Waals surface area contributed by atoms with Crippen LogP contribution >= 0.6 is 0 Å². The lowest BCUT2D eigenvalue weighted by Gasteiger charge is -2.32. The van der Waals surface area contributed by atoms with Crippen molar-refractivity contribution in [3.8, 4) is 0 Å². The van der Waals surface area contributed by atoms with Crippen molar-refractivity contribution in [2.24, 2.45) is 10.8 Å². The minimum absolute atomic E-state index is 0.289. The second kappa shape index (κ2) is 17.1. The predicted octanol–water partition coefficient (Wildman–Crippen LogP) is 13.2. The molecule has 0 saturated heterocycles. The Balaban J connectivity index is 1.85. The highest BCUT2D eigenvalue weighted by Gasteiger charge is 2.27. The Bertz CT molecular complexity index is 1290. The van der Waals surface area contributed by atoms with Crippen LogP contribution in [-0.4, -0.2) is 0 Å². The van der Waals surface area contributed by atoms with Gasteiger partial charge >= 0.3 is 0 Å². The maximum Gasteiger partial charge on any atom is -0.0104 e. The van der Waals surface area contributed by atoms with Gasteiger partial charge in [0.1, 0.15) is 0 Å². The topological polar surface area (TPSA) is 0 Å². The highest BCUT2D eigenvalue weighted by Crippen LogP contribution is 2.41. The minimum atomic E-state index is 0.289. The lowest BCUT2D eigenvalue weighted by Crippen LogP contribution is -2.19. The molecular weight excluding hydrogens is 504 g/mol. The molecule has 0 nitrogen and oxygen atoms in total. The average Bonchev–Trinajstić information content (AvgIpc) is 2.89. The van der Waals surface area contributed by atoms with Gasteiger partial charge in [-0.2, -0.15) is 0 Å². The van der Waals surface area contributed by atoms with Crippen molar-refractivity contribution in [1.82, 2.24) is 0 Å². The van der Waals surface area contributed by atoms with Crippen LogP contribution in [0.2, 0.25) is 0 Å². The van der Waals surface area contributed by atoms with Crippen LogP contribution in [0.3, 0.4) is 0 Å². The van der Waals surface area contributed by atoms with Gasteiger partial charge < -0.3 is 0 Å². The number of hydrogen-bond donors (Lipinski definition) is 0. The van der Waals surface area contributed by atoms with E-state index in [4.69, 9.17) is 0 Å². The van der Waals surface area contributed by atoms with Crippen LogP contribution in [0.15, 0.2) is 142 Å². The Hall–Kier alpha value is -3.12. The van der Waals surface area contributed by atoms with Crippen LogP contribution in [0.1, 0.15) is 108 Å². The summed E-state index contributed by atoms with van der Waals surface area (Å²) in [7, 11) is 0. The largest absolute Gasteiger partial charge is 0.0696 e. The molecule has 42 heavy (non-hydrogen) atoms. The van der Waals surface area contributed by atoms with Crippen molar-refractivity contribution in [1.29, 1.82) is 0 Å². The van der Waals surface area contributed by atoms with E-state index in [1.165, 1.54) is 72.0 Å². The third-order valence-electron chi connectivity index (χ3n) is 8.60. The summed E-state index contributed by atoms with van der Waals surface area (Å²) in [4.78, 5) is 0. The van der Waals surface area contributed by atoms with Gasteiger partial charge in [-0.15, -0.1) is 0 Å². The van der Waals surface area contributed by atoms with Crippen LogP contribution < -0.4 is 0 Å². The van der Waals surface area contributed by atoms with Gasteiger partial charge in [-0.1, -0.05) is 158 Å². The fourth-order valence-corrected chi connectivity index (χ4v) is 5.93. The molecule has 0 aromatic rings. The Kier molecular flexibility index (Phi) is 14.3. The molecular formula is C42H58. The highest BCUT2D eigenvalue weighted by atomic mass is 14.3. The summed E-state index contributed by atoms with van der Waals surface area (Å²) in [5.74, 6) is 0. The van der Waals surface area contributed by atoms with E-state index in [1.807, 2.05) is 0 Å². The summed E-state index contributed by atoms with van der Waals surface area (Å²) < 4.78 is 0. The molecule has 2 aliphatic carbocycles. The molecule has 0 aromatic heterocycles. The molecule has 0 unspecified atom stereocenters. The molecule has 0 heteroatoms. The van der Waals surface area contributed by atoms with Crippen molar-refractivity contribution in [2.45, 2.75) is 108 Å². The fraction of sp³-hybridized carbons (Fsp3) is 0.429. The number of rotatable bonds is 11. The zero-order chi connectivity index (χ0) is 31.2. The van der Waals surface area contributed by atoms with E-state index in [1.54, 1.807) is 11.1 Å². The van der Waals surface area contributed by atoms with Crippen LogP contribution in [0.4, 0.5) is 0 Å². The Morgan fingerprint density at radius 1 is 0.476 bits per heavy atom. The summed E-state index contributed by atoms with van der Waals surface area (Å²) in [5, 5.41) is 0. The second-order valence-electron chi connectivity index (χ2n) is 13.7. The maximum absolute atomic E-state index is 2.37. The van der Waals surface area contributed by atoms with E-state index < -0.39 is 0 Å². The minimum Gasteiger partial charge on any atom is -0.0696 e. The Labute approximate surface area is 259 Å². The van der Waals surface area contributed by atoms with Gasteiger partial charge in [-0.25, -0.2) is 0 Å². The van der Waals surface area contributed by atoms with Crippen molar-refractivity contribution < 1.29 is 0 Å². The third-order valence-corrected chi connectivity index (χ3v) is 8.60. The molecule has 2 aliphatic rings. The first kappa shape index (κ1) is 35.1. The summed E-state index contributed by atoms with van der Waals surface area (Å²) in [6.45, 7) is 22.6. The molecule has 0 radical (unpaired) electrons. The molecule has 0 atom stereocenters. The SMILES string of the molecule is CC1=C(/C=C/C=C/C(C)=C/C=C/C(C)=C/C=C/C=C(C)/C=C/C=C(C)/C=C/C2=C(C)CCCC2(C)C)C(C)(C)CCC1. The second-order valence-corrected chi connectivity index (χ2v) is 13.7. The van der Waals surface area contributed by atoms with Gasteiger partial charge in [0.15, 0.2) is 0 Å². The molecule has 0 amide bonds. The summed E-state index contributed by atoms with van der Waals surface area (Å²) >= 11 is 0. The predicted molar refractivity (Wildman–Crippen MR) is 191 cm³/mol. The Morgan fingerprint density at radius 2 is 0.857 bits per heavy atom. The lowest BCUT2D eigenvalue weighted by atomic mass is 9.72. The van der Waals surface area contributed by atoms with Crippen LogP contribution in [-0.2, 0) is 0 Å². The molecule has 226 valence electrons. The summed E-state index contributed by atoms with van der Waals surface area (Å²) in [6, 6.07) is 0. The molecule has 2 rings (SSSR count). The average molecular weight is 563 g/mol. The van der Waals surface area contributed by atoms with Gasteiger partial charge in [-0.3, -0.25) is 0 Å². The van der Waals surface area contributed by atoms with Gasteiger partial charge in [0, 0.05) is 0 Å². The molecule has 0 saturated carbocycles. The first-order valence-electron chi connectivity index (χ1n) is 16.0. The zero-order valence-electron chi connectivity index (χ0n) is 28.5. The van der Waals surface area contributed by atoms with Gasteiger partial charge in [0.2, 0.25) is 0 Å². The summed E-state index contributed by atoms with van der Waals surface area (Å²) in [6.07, 6.45) is 42.5. The first-order valence-corrected chi connectivity index (χ1v) is 16.0. The van der Waals surface area contributed by atoms with Gasteiger partial charge in [-0.05, 0) is 102 Å². The normalized spacial score (nSPS) is 21.7. The van der Waals surface area contributed by atoms with E-state index in [2.05, 4.69) is 166 Å². The smallest absolute Gasteiger partial charge is 0.0104 e. The monoisotopic (exact) mass is 562 g/mol. The van der Waals surface area contributed by atoms with Gasteiger partial charge in [0.25, 0.3) is 0 Å². The molecule has 0 aromatic carbocycles. The lowest BCUT2D eigenvalue weighted by molar-refractivity contribution is 0.376. The molecule has 0 N–H and O–H groups in total. The van der Waals surface area contributed by atoms with Crippen molar-refractivity contribution in [3.63, 3.8) is 0 Å². The van der Waals surface area contributed by atoms with Crippen molar-refractivity contribution >= 4 is 0 Å². The molecule has 0 heterocycles. The molecule has 0 aliphatic heterocycles. The Morgan fingerprint density at radius 3 is 1.31 bits per heavy atom. The van der Waals surface area contributed by atoms with E-state index >= 15 is 0 Å². The van der Waals surface area contributed by atoms with Crippen LogP contribution in [0, 0.1) is 10.8 Å². The molecule has 0 spiro atoms. The quantitative estimate of drug-likeness (QED) is 0.220. The van der Waals surface area contributed by atoms with Crippen molar-refractivity contribution in [3.05, 3.63) is 142 Å². The zero-order valence-corrected chi connectivity index (χ0v) is 28.5. The first-order chi connectivity index (χ1) is 19.8. The highest BCUT2D eigenvalue weighted by molar-refractivity contribution is 5.38. The number of hydrogen-bond acceptors (Lipinski definition) is 0. The summed E-state index contributed by atoms with van der Waals surface area (Å²) in [5.41, 5.74) is 11.7. The maximum atomic E-state index is 2.37. The van der Waals surface area contributed by atoms with E-state index in [9.17, 15) is 0 Å². The third kappa shape index (κ3) is 12.4. The molecule has 0 fully saturated rings. The van der Waals surface area contributed by atoms with E-state index in [0.29, 0.717) is 5.41 Å². The number of allylic oxidation sites excluding steroid dienone is 24. The molecule has 0 bridgehead atoms. The standard InChI is InChI=1S/C42H58/c1-33(22-15-23-35(3)21-13-14-28-39-37(5)26-17-31-41(39,7)8)19-11-12-20-34(2)24-16-25-36(4)29-30-40-38(6)27-18-32-42(40,9)10/h11-16,19-25,28-30H,17-18,26-27,31-32H2,1-10H3/b12-11+,21-13+,22-15+,24-16+,28-14+,30-29+,33-19+,34-20+,35-23+,36-25+.